The van der Waals surface area contributed by atoms with E-state index in [0.29, 0.717) is 12.8 Å². The molecule has 3 aromatic rings. The molecule has 20 heavy (non-hydrogen) atoms. The number of fused-ring (bicyclic) bond motifs is 2. The van der Waals surface area contributed by atoms with Crippen molar-refractivity contribution in [2.75, 3.05) is 13.2 Å². The molecule has 3 aromatic carbocycles. The summed E-state index contributed by atoms with van der Waals surface area (Å²) in [4.78, 5) is 0. The molecule has 0 aromatic heterocycles. The number of aliphatic hydroxyl groups is 2. The maximum absolute atomic E-state index is 9.34. The van der Waals surface area contributed by atoms with Crippen LogP contribution in [0.1, 0.15) is 11.1 Å². The SMILES string of the molecule is OCCc1ccc2c(CCO)c3ccccc3cc2c1. The van der Waals surface area contributed by atoms with Gasteiger partial charge in [-0.25, -0.2) is 0 Å². The molecule has 0 aliphatic carbocycles. The van der Waals surface area contributed by atoms with E-state index in [1.807, 2.05) is 12.1 Å². The van der Waals surface area contributed by atoms with Crippen molar-refractivity contribution in [1.29, 1.82) is 0 Å². The second-order valence-electron chi connectivity index (χ2n) is 5.08. The molecule has 0 bridgehead atoms. The number of hydrogen-bond acceptors (Lipinski definition) is 2. The third kappa shape index (κ3) is 2.28. The average molecular weight is 266 g/mol. The third-order valence-corrected chi connectivity index (χ3v) is 3.80. The van der Waals surface area contributed by atoms with Gasteiger partial charge in [0.2, 0.25) is 0 Å². The van der Waals surface area contributed by atoms with Crippen LogP contribution in [-0.4, -0.2) is 23.4 Å². The minimum Gasteiger partial charge on any atom is -0.396 e. The minimum atomic E-state index is 0.154. The molecule has 0 saturated heterocycles. The first kappa shape index (κ1) is 13.1. The molecule has 0 aliphatic rings. The standard InChI is InChI=1S/C18H18O2/c19-9-7-13-5-6-17-15(11-13)12-14-3-1-2-4-16(14)18(17)8-10-20/h1-6,11-12,19-20H,7-10H2. The molecule has 0 fully saturated rings. The largest absolute Gasteiger partial charge is 0.396 e. The molecular formula is C18H18O2. The van der Waals surface area contributed by atoms with Gasteiger partial charge in [0.05, 0.1) is 0 Å². The topological polar surface area (TPSA) is 40.5 Å². The van der Waals surface area contributed by atoms with E-state index in [1.54, 1.807) is 0 Å². The number of aliphatic hydroxyl groups excluding tert-OH is 2. The molecule has 0 saturated carbocycles. The van der Waals surface area contributed by atoms with Crippen molar-refractivity contribution in [1.82, 2.24) is 0 Å². The summed E-state index contributed by atoms with van der Waals surface area (Å²) in [6.45, 7) is 0.323. The lowest BCUT2D eigenvalue weighted by Gasteiger charge is -2.11. The van der Waals surface area contributed by atoms with Gasteiger partial charge in [-0.3, -0.25) is 0 Å². The van der Waals surface area contributed by atoms with E-state index in [0.717, 1.165) is 5.56 Å². The lowest BCUT2D eigenvalue weighted by molar-refractivity contribution is 0.299. The maximum atomic E-state index is 9.34. The van der Waals surface area contributed by atoms with E-state index in [9.17, 15) is 5.11 Å². The van der Waals surface area contributed by atoms with Gasteiger partial charge in [-0.2, -0.15) is 0 Å². The quantitative estimate of drug-likeness (QED) is 0.712. The van der Waals surface area contributed by atoms with Crippen molar-refractivity contribution in [3.8, 4) is 0 Å². The van der Waals surface area contributed by atoms with Crippen molar-refractivity contribution < 1.29 is 10.2 Å². The summed E-state index contributed by atoms with van der Waals surface area (Å²) in [6.07, 6.45) is 1.34. The van der Waals surface area contributed by atoms with Crippen LogP contribution in [-0.2, 0) is 12.8 Å². The molecule has 2 N–H and O–H groups in total. The van der Waals surface area contributed by atoms with Gasteiger partial charge in [0.15, 0.2) is 0 Å². The fourth-order valence-corrected chi connectivity index (χ4v) is 2.88. The van der Waals surface area contributed by atoms with Crippen molar-refractivity contribution in [3.05, 3.63) is 59.7 Å². The smallest absolute Gasteiger partial charge is 0.0471 e. The summed E-state index contributed by atoms with van der Waals surface area (Å²) in [6, 6.07) is 16.8. The zero-order valence-electron chi connectivity index (χ0n) is 11.3. The molecule has 0 unspecified atom stereocenters. The van der Waals surface area contributed by atoms with Crippen LogP contribution in [0, 0.1) is 0 Å². The highest BCUT2D eigenvalue weighted by molar-refractivity contribution is 6.02. The minimum absolute atomic E-state index is 0.154. The Balaban J connectivity index is 2.31. The molecule has 2 nitrogen and oxygen atoms in total. The predicted molar refractivity (Wildman–Crippen MR) is 83.0 cm³/mol. The fourth-order valence-electron chi connectivity index (χ4n) is 2.88. The Kier molecular flexibility index (Phi) is 3.68. The van der Waals surface area contributed by atoms with Crippen LogP contribution in [0.2, 0.25) is 0 Å². The Labute approximate surface area is 118 Å². The highest BCUT2D eigenvalue weighted by Crippen LogP contribution is 2.29. The molecule has 0 amide bonds. The monoisotopic (exact) mass is 266 g/mol. The summed E-state index contributed by atoms with van der Waals surface area (Å²) in [5.41, 5.74) is 2.35. The normalized spacial score (nSPS) is 11.3. The summed E-state index contributed by atoms with van der Waals surface area (Å²) < 4.78 is 0. The van der Waals surface area contributed by atoms with Crippen LogP contribution in [0.3, 0.4) is 0 Å². The molecule has 0 spiro atoms. The van der Waals surface area contributed by atoms with Gasteiger partial charge in [-0.1, -0.05) is 42.5 Å². The van der Waals surface area contributed by atoms with Crippen LogP contribution >= 0.6 is 0 Å². The van der Waals surface area contributed by atoms with Gasteiger partial charge in [0.25, 0.3) is 0 Å². The Morgan fingerprint density at radius 1 is 0.700 bits per heavy atom. The molecular weight excluding hydrogens is 248 g/mol. The molecule has 102 valence electrons. The second kappa shape index (κ2) is 5.61. The van der Waals surface area contributed by atoms with Crippen molar-refractivity contribution >= 4 is 21.5 Å². The maximum Gasteiger partial charge on any atom is 0.0471 e. The third-order valence-electron chi connectivity index (χ3n) is 3.80. The summed E-state index contributed by atoms with van der Waals surface area (Å²) >= 11 is 0. The van der Waals surface area contributed by atoms with E-state index in [4.69, 9.17) is 5.11 Å². The molecule has 0 atom stereocenters. The van der Waals surface area contributed by atoms with Crippen molar-refractivity contribution in [3.63, 3.8) is 0 Å². The van der Waals surface area contributed by atoms with Crippen LogP contribution in [0.5, 0.6) is 0 Å². The molecule has 0 heterocycles. The molecule has 2 heteroatoms. The van der Waals surface area contributed by atoms with Gasteiger partial charge in [0.1, 0.15) is 0 Å². The van der Waals surface area contributed by atoms with Crippen LogP contribution in [0.25, 0.3) is 21.5 Å². The Hall–Kier alpha value is -1.90. The molecule has 0 radical (unpaired) electrons. The van der Waals surface area contributed by atoms with Crippen LogP contribution < -0.4 is 0 Å². The number of rotatable bonds is 4. The Morgan fingerprint density at radius 2 is 1.45 bits per heavy atom. The number of hydrogen-bond donors (Lipinski definition) is 2. The van der Waals surface area contributed by atoms with E-state index in [-0.39, 0.29) is 13.2 Å². The van der Waals surface area contributed by atoms with Gasteiger partial charge in [-0.05, 0) is 51.6 Å². The van der Waals surface area contributed by atoms with E-state index in [1.165, 1.54) is 27.1 Å². The predicted octanol–water partition coefficient (Wildman–Crippen LogP) is 3.06. The molecule has 3 rings (SSSR count). The zero-order valence-corrected chi connectivity index (χ0v) is 11.3. The first-order valence-electron chi connectivity index (χ1n) is 6.98. The van der Waals surface area contributed by atoms with Crippen molar-refractivity contribution in [2.24, 2.45) is 0 Å². The van der Waals surface area contributed by atoms with Crippen LogP contribution in [0.15, 0.2) is 48.5 Å². The lowest BCUT2D eigenvalue weighted by Crippen LogP contribution is -1.96. The number of benzene rings is 3. The first-order chi connectivity index (χ1) is 9.83. The Morgan fingerprint density at radius 3 is 2.25 bits per heavy atom. The molecule has 0 aliphatic heterocycles. The second-order valence-corrected chi connectivity index (χ2v) is 5.08. The highest BCUT2D eigenvalue weighted by atomic mass is 16.3. The summed E-state index contributed by atoms with van der Waals surface area (Å²) in [5.74, 6) is 0. The zero-order chi connectivity index (χ0) is 13.9. The lowest BCUT2D eigenvalue weighted by atomic mass is 9.93. The van der Waals surface area contributed by atoms with E-state index >= 15 is 0 Å². The van der Waals surface area contributed by atoms with E-state index in [2.05, 4.69) is 36.4 Å². The van der Waals surface area contributed by atoms with Gasteiger partial charge >= 0.3 is 0 Å². The van der Waals surface area contributed by atoms with E-state index < -0.39 is 0 Å². The van der Waals surface area contributed by atoms with Gasteiger partial charge in [0, 0.05) is 13.2 Å². The van der Waals surface area contributed by atoms with Gasteiger partial charge < -0.3 is 10.2 Å². The summed E-state index contributed by atoms with van der Waals surface area (Å²) in [5, 5.41) is 23.2. The Bertz CT molecular complexity index is 747. The average Bonchev–Trinajstić information content (AvgIpc) is 2.47. The highest BCUT2D eigenvalue weighted by Gasteiger charge is 2.07. The van der Waals surface area contributed by atoms with Crippen molar-refractivity contribution in [2.45, 2.75) is 12.8 Å². The summed E-state index contributed by atoms with van der Waals surface area (Å²) in [7, 11) is 0. The van der Waals surface area contributed by atoms with Gasteiger partial charge in [-0.15, -0.1) is 0 Å². The fraction of sp³-hybridized carbons (Fsp3) is 0.222. The first-order valence-corrected chi connectivity index (χ1v) is 6.98. The van der Waals surface area contributed by atoms with Crippen LogP contribution in [0.4, 0.5) is 0 Å².